The van der Waals surface area contributed by atoms with Gasteiger partial charge in [-0.3, -0.25) is 67.1 Å². The molecule has 0 spiro atoms. The van der Waals surface area contributed by atoms with E-state index in [0.717, 1.165) is 6.92 Å². The van der Waals surface area contributed by atoms with Gasteiger partial charge in [0.15, 0.2) is 0 Å². The quantitative estimate of drug-likeness (QED) is 0.0277. The molecule has 2 heterocycles. The molecule has 0 aromatic heterocycles. The van der Waals surface area contributed by atoms with Crippen molar-refractivity contribution >= 4 is 88.9 Å². The van der Waals surface area contributed by atoms with E-state index in [4.69, 9.17) is 32.2 Å². The molecule has 0 unspecified atom stereocenters. The minimum Gasteiger partial charge on any atom is -0.481 e. The summed E-state index contributed by atoms with van der Waals surface area (Å²) in [7, 11) is 0. The number of nitrogens with zero attached hydrogens (tertiary/aromatic N) is 2. The van der Waals surface area contributed by atoms with Gasteiger partial charge in [-0.2, -0.15) is 0 Å². The van der Waals surface area contributed by atoms with E-state index < -0.39 is 205 Å². The molecule has 0 saturated carbocycles. The number of nitrogens with one attached hydrogen (secondary N) is 8. The maximum atomic E-state index is 14.4. The highest BCUT2D eigenvalue weighted by Gasteiger charge is 2.44. The van der Waals surface area contributed by atoms with Crippen molar-refractivity contribution in [2.75, 3.05) is 19.6 Å². The van der Waals surface area contributed by atoms with Gasteiger partial charge in [-0.25, -0.2) is 4.79 Å². The van der Waals surface area contributed by atoms with Crippen LogP contribution in [0.4, 0.5) is 0 Å². The van der Waals surface area contributed by atoms with Crippen molar-refractivity contribution < 1.29 is 92.3 Å². The van der Waals surface area contributed by atoms with Gasteiger partial charge in [-0.15, -0.1) is 0 Å². The maximum absolute atomic E-state index is 14.4. The van der Waals surface area contributed by atoms with Crippen molar-refractivity contribution in [3.05, 3.63) is 0 Å². The highest BCUT2D eigenvalue weighted by atomic mass is 16.4. The highest BCUT2D eigenvalue weighted by molar-refractivity contribution is 5.99. The number of primary amides is 1. The van der Waals surface area contributed by atoms with E-state index in [9.17, 15) is 77.3 Å². The first-order valence-electron chi connectivity index (χ1n) is 29.1. The minimum atomic E-state index is -1.91. The number of aliphatic carboxylic acids is 4. The topological polar surface area (TPSA) is 518 Å². The van der Waals surface area contributed by atoms with Crippen molar-refractivity contribution in [1.82, 2.24) is 52.3 Å². The lowest BCUT2D eigenvalue weighted by Crippen LogP contribution is -2.62. The SMILES string of the molecule is CC(=O)O.CC(C)[C@H](NC(=O)[C@@H](NC(=O)[C@@H](NC(=O)[C@@H]1CCCN1C(=O)[C@@H](NC(=O)[C@@H]1CCCN1C(=O)[C@H](CCC(=O)O)NC(=O)[C@H](C)N)C(C)C)C(C)C)C(C)C)C(=O)N[C@@H](CCCCN)C(=O)N[C@@H](CCC(N)=O)C(=O)N[C@@H](CC(=O)O)C(=O)O. The number of hydrogen-bond acceptors (Lipinski definition) is 17. The van der Waals surface area contributed by atoms with Crippen LogP contribution in [-0.2, 0) is 71.9 Å². The van der Waals surface area contributed by atoms with E-state index in [-0.39, 0.29) is 51.7 Å². The molecule has 2 fully saturated rings. The summed E-state index contributed by atoms with van der Waals surface area (Å²) in [4.78, 5) is 196. The number of nitrogens with two attached hydrogens (primary N) is 3. The molecule has 0 aromatic rings. The molecule has 0 radical (unpaired) electrons. The zero-order chi connectivity index (χ0) is 66.7. The molecule has 32 nitrogen and oxygen atoms in total. The van der Waals surface area contributed by atoms with Crippen molar-refractivity contribution in [2.24, 2.45) is 40.9 Å². The highest BCUT2D eigenvalue weighted by Crippen LogP contribution is 2.24. The van der Waals surface area contributed by atoms with Crippen LogP contribution >= 0.6 is 0 Å². The maximum Gasteiger partial charge on any atom is 0.326 e. The minimum absolute atomic E-state index is 0.0499. The summed E-state index contributed by atoms with van der Waals surface area (Å²) in [5.41, 5.74) is 16.6. The molecule has 87 heavy (non-hydrogen) atoms. The Morgan fingerprint density at radius 1 is 0.460 bits per heavy atom. The lowest BCUT2D eigenvalue weighted by atomic mass is 9.97. The van der Waals surface area contributed by atoms with Crippen LogP contribution in [-0.4, -0.2) is 205 Å². The summed E-state index contributed by atoms with van der Waals surface area (Å²) in [6.45, 7) is 16.0. The average molecular weight is 1240 g/mol. The molecular weight excluding hydrogens is 1150 g/mol. The molecular formula is C55H93N13O19. The first-order chi connectivity index (χ1) is 40.5. The van der Waals surface area contributed by atoms with Crippen LogP contribution in [0.5, 0.6) is 0 Å². The van der Waals surface area contributed by atoms with Gasteiger partial charge in [0.25, 0.3) is 5.97 Å². The molecule has 2 rings (SSSR count). The zero-order valence-electron chi connectivity index (χ0n) is 51.3. The van der Waals surface area contributed by atoms with Gasteiger partial charge in [-0.1, -0.05) is 55.4 Å². The fourth-order valence-electron chi connectivity index (χ4n) is 9.41. The van der Waals surface area contributed by atoms with Crippen molar-refractivity contribution in [3.63, 3.8) is 0 Å². The third-order valence-corrected chi connectivity index (χ3v) is 14.2. The average Bonchev–Trinajstić information content (AvgIpc) is 2.23. The van der Waals surface area contributed by atoms with E-state index in [1.165, 1.54) is 16.7 Å². The Bertz CT molecular complexity index is 2450. The predicted octanol–water partition coefficient (Wildman–Crippen LogP) is -3.27. The summed E-state index contributed by atoms with van der Waals surface area (Å²) >= 11 is 0. The van der Waals surface area contributed by atoms with Gasteiger partial charge in [0, 0.05) is 32.9 Å². The summed E-state index contributed by atoms with van der Waals surface area (Å²) < 4.78 is 0. The third kappa shape index (κ3) is 26.2. The smallest absolute Gasteiger partial charge is 0.326 e. The van der Waals surface area contributed by atoms with Gasteiger partial charge in [0.05, 0.1) is 12.5 Å². The van der Waals surface area contributed by atoms with E-state index in [1.807, 2.05) is 5.32 Å². The van der Waals surface area contributed by atoms with Crippen LogP contribution < -0.4 is 59.7 Å². The molecule has 2 aliphatic heterocycles. The Balaban J connectivity index is 0.00000915. The second kappa shape index (κ2) is 37.5. The van der Waals surface area contributed by atoms with Crippen molar-refractivity contribution in [1.29, 1.82) is 0 Å². The normalized spacial score (nSPS) is 17.7. The molecule has 2 saturated heterocycles. The number of amides is 11. The third-order valence-electron chi connectivity index (χ3n) is 14.2. The van der Waals surface area contributed by atoms with E-state index in [2.05, 4.69) is 37.2 Å². The summed E-state index contributed by atoms with van der Waals surface area (Å²) in [6.07, 6.45) is -0.837. The standard InChI is InChI=1S/C53H89N13O17.C2H4O2/c1-25(2)39(48(77)58-30(14-10-11-21-54)44(73)57-31(17-19-36(56)67)45(74)60-33(53(82)83)24-38(70)71)62-50(79)41(27(5)6)63-49(78)40(26(3)4)61-46(75)35-16-13-23-66(35)52(81)42(28(7)8)64-47(76)34-15-12-22-65(34)51(80)32(18-20-37(68)69)59-43(72)29(9)55;1-2(3)4/h25-35,39-42H,10-24,54-55H2,1-9H3,(H2,56,67)(H,57,73)(H,58,77)(H,59,72)(H,60,74)(H,61,75)(H,62,79)(H,63,78)(H,64,76)(H,68,69)(H,70,71)(H,82,83);1H3,(H,3,4)/t29-,30-,31-,32-,33-,34-,35-,39-,40-,41-,42-;/m0./s1. The second-order valence-electron chi connectivity index (χ2n) is 23.0. The van der Waals surface area contributed by atoms with Gasteiger partial charge in [0.1, 0.15) is 60.4 Å². The van der Waals surface area contributed by atoms with Crippen molar-refractivity contribution in [2.45, 2.75) is 213 Å². The molecule has 0 aromatic carbocycles. The van der Waals surface area contributed by atoms with Gasteiger partial charge in [0.2, 0.25) is 65.0 Å². The number of carboxylic acid groups (broad SMARTS) is 4. The van der Waals surface area contributed by atoms with Gasteiger partial charge in [-0.05, 0) is 94.9 Å². The Morgan fingerprint density at radius 2 is 0.839 bits per heavy atom. The van der Waals surface area contributed by atoms with Gasteiger partial charge < -0.3 is 90.0 Å². The number of likely N-dealkylation sites (tertiary alicyclic amines) is 2. The molecule has 0 bridgehead atoms. The summed E-state index contributed by atoms with van der Waals surface area (Å²) in [6, 6.07) is -14.5. The number of rotatable bonds is 35. The number of hydrogen-bond donors (Lipinski definition) is 15. The summed E-state index contributed by atoms with van der Waals surface area (Å²) in [5, 5.41) is 55.7. The Morgan fingerprint density at radius 3 is 1.24 bits per heavy atom. The lowest BCUT2D eigenvalue weighted by Gasteiger charge is -2.34. The van der Waals surface area contributed by atoms with E-state index >= 15 is 0 Å². The fraction of sp³-hybridized carbons (Fsp3) is 0.727. The molecule has 11 atom stereocenters. The van der Waals surface area contributed by atoms with Gasteiger partial charge >= 0.3 is 17.9 Å². The van der Waals surface area contributed by atoms with E-state index in [0.29, 0.717) is 19.3 Å². The number of unbranched alkanes of at least 4 members (excludes halogenated alkanes) is 1. The Hall–Kier alpha value is -8.03. The van der Waals surface area contributed by atoms with Crippen LogP contribution in [0.1, 0.15) is 146 Å². The van der Waals surface area contributed by atoms with Crippen LogP contribution in [0.15, 0.2) is 0 Å². The second-order valence-corrected chi connectivity index (χ2v) is 23.0. The van der Waals surface area contributed by atoms with Crippen LogP contribution in [0, 0.1) is 23.7 Å². The molecule has 11 amide bonds. The number of carbonyl (C=O) groups is 15. The first-order valence-corrected chi connectivity index (χ1v) is 29.1. The van der Waals surface area contributed by atoms with Crippen LogP contribution in [0.25, 0.3) is 0 Å². The molecule has 18 N–H and O–H groups in total. The largest absolute Gasteiger partial charge is 0.481 e. The fourth-order valence-corrected chi connectivity index (χ4v) is 9.41. The van der Waals surface area contributed by atoms with Crippen molar-refractivity contribution in [3.8, 4) is 0 Å². The Labute approximate surface area is 505 Å². The monoisotopic (exact) mass is 1240 g/mol. The van der Waals surface area contributed by atoms with Crippen LogP contribution in [0.2, 0.25) is 0 Å². The number of carbonyl (C=O) groups excluding carboxylic acids is 11. The predicted molar refractivity (Wildman–Crippen MR) is 309 cm³/mol. The van der Waals surface area contributed by atoms with E-state index in [1.54, 1.807) is 55.4 Å². The molecule has 2 aliphatic rings. The number of carboxylic acids is 4. The lowest BCUT2D eigenvalue weighted by molar-refractivity contribution is -0.147. The molecule has 32 heteroatoms. The summed E-state index contributed by atoms with van der Waals surface area (Å²) in [5.74, 6) is -16.4. The Kier molecular flexibility index (Phi) is 33.2. The zero-order valence-corrected chi connectivity index (χ0v) is 51.3. The molecule has 0 aliphatic carbocycles. The molecule has 492 valence electrons. The first kappa shape index (κ1) is 77.0. The van der Waals surface area contributed by atoms with Crippen LogP contribution in [0.3, 0.4) is 0 Å².